The number of benzene rings is 1. The molecule has 11 nitrogen and oxygen atoms in total. The van der Waals surface area contributed by atoms with Crippen LogP contribution in [-0.4, -0.2) is 68.6 Å². The zero-order valence-electron chi connectivity index (χ0n) is 21.2. The van der Waals surface area contributed by atoms with E-state index >= 15 is 0 Å². The third kappa shape index (κ3) is 4.70. The van der Waals surface area contributed by atoms with Gasteiger partial charge in [-0.3, -0.25) is 24.1 Å². The van der Waals surface area contributed by atoms with Crippen LogP contribution >= 0.6 is 0 Å². The molecule has 1 fully saturated rings. The van der Waals surface area contributed by atoms with Crippen LogP contribution in [0.25, 0.3) is 0 Å². The van der Waals surface area contributed by atoms with E-state index in [0.717, 1.165) is 29.7 Å². The summed E-state index contributed by atoms with van der Waals surface area (Å²) in [6.07, 6.45) is 4.86. The lowest BCUT2D eigenvalue weighted by Crippen LogP contribution is -2.58. The summed E-state index contributed by atoms with van der Waals surface area (Å²) in [5, 5.41) is 16.1. The molecule has 0 saturated carbocycles. The van der Waals surface area contributed by atoms with Gasteiger partial charge in [0.05, 0.1) is 18.4 Å². The lowest BCUT2D eigenvalue weighted by molar-refractivity contribution is -0.140. The molecule has 196 valence electrons. The summed E-state index contributed by atoms with van der Waals surface area (Å²) in [6, 6.07) is 3.74. The molecule has 11 heteroatoms. The van der Waals surface area contributed by atoms with Crippen molar-refractivity contribution in [3.63, 3.8) is 0 Å². The Kier molecular flexibility index (Phi) is 6.94. The molecule has 3 aliphatic rings. The van der Waals surface area contributed by atoms with Gasteiger partial charge in [-0.15, -0.1) is 0 Å². The van der Waals surface area contributed by atoms with E-state index in [4.69, 9.17) is 0 Å². The topological polar surface area (TPSA) is 140 Å². The van der Waals surface area contributed by atoms with Crippen molar-refractivity contribution >= 4 is 29.3 Å². The number of nitrogens with zero attached hydrogens (tertiary/aromatic N) is 4. The summed E-state index contributed by atoms with van der Waals surface area (Å²) in [6.45, 7) is 4.70. The summed E-state index contributed by atoms with van der Waals surface area (Å²) in [5.74, 6) is -0.957. The summed E-state index contributed by atoms with van der Waals surface area (Å²) < 4.78 is 0. The zero-order chi connectivity index (χ0) is 26.1. The van der Waals surface area contributed by atoms with Crippen LogP contribution in [0.1, 0.15) is 56.4 Å². The average molecular weight is 508 g/mol. The SMILES string of the molecule is CC[C@H](C)[C@@H](C(=O)N[C@H]1CCc2cccc3c2N(C1=O)[C@H](C(=O)NCc1cn[nH]n1)C3)N1CCCC1=O. The van der Waals surface area contributed by atoms with E-state index in [2.05, 4.69) is 26.0 Å². The van der Waals surface area contributed by atoms with Gasteiger partial charge in [0.15, 0.2) is 0 Å². The van der Waals surface area contributed by atoms with Gasteiger partial charge in [-0.1, -0.05) is 38.5 Å². The predicted octanol–water partition coefficient (Wildman–Crippen LogP) is 0.847. The molecule has 37 heavy (non-hydrogen) atoms. The van der Waals surface area contributed by atoms with Gasteiger partial charge < -0.3 is 15.5 Å². The molecule has 2 aromatic rings. The van der Waals surface area contributed by atoms with Crippen molar-refractivity contribution in [2.24, 2.45) is 5.92 Å². The molecule has 4 heterocycles. The Bertz CT molecular complexity index is 1200. The van der Waals surface area contributed by atoms with Crippen molar-refractivity contribution in [2.75, 3.05) is 11.4 Å². The van der Waals surface area contributed by atoms with Gasteiger partial charge in [0.25, 0.3) is 0 Å². The fourth-order valence-electron chi connectivity index (χ4n) is 5.73. The standard InChI is InChI=1S/C26H33N7O4/c1-3-15(2)22(32-11-5-8-21(32)34)25(36)29-19-10-9-16-6-4-7-17-12-20(33(23(16)17)26(19)37)24(35)27-13-18-14-28-31-30-18/h4,6-7,14-15,19-20,22H,3,5,8-13H2,1-2H3,(H,27,35)(H,29,36)(H,28,30,31)/t15-,19-,20-,22-/m0/s1. The van der Waals surface area contributed by atoms with E-state index in [1.165, 1.54) is 6.20 Å². The average Bonchev–Trinajstić information content (AvgIpc) is 3.63. The monoisotopic (exact) mass is 507 g/mol. The van der Waals surface area contributed by atoms with Crippen LogP contribution in [0.3, 0.4) is 0 Å². The first-order chi connectivity index (χ1) is 17.9. The van der Waals surface area contributed by atoms with E-state index < -0.39 is 18.1 Å². The van der Waals surface area contributed by atoms with Crippen molar-refractivity contribution in [2.45, 2.75) is 77.0 Å². The van der Waals surface area contributed by atoms with Gasteiger partial charge >= 0.3 is 0 Å². The number of H-pyrrole nitrogens is 1. The molecule has 0 spiro atoms. The fraction of sp³-hybridized carbons (Fsp3) is 0.538. The summed E-state index contributed by atoms with van der Waals surface area (Å²) >= 11 is 0. The van der Waals surface area contributed by atoms with Crippen LogP contribution in [0.4, 0.5) is 5.69 Å². The van der Waals surface area contributed by atoms with E-state index in [1.54, 1.807) is 9.80 Å². The highest BCUT2D eigenvalue weighted by molar-refractivity contribution is 6.08. The molecule has 1 aromatic heterocycles. The molecule has 1 saturated heterocycles. The fourth-order valence-corrected chi connectivity index (χ4v) is 5.73. The minimum Gasteiger partial charge on any atom is -0.348 e. The van der Waals surface area contributed by atoms with E-state index in [9.17, 15) is 19.2 Å². The van der Waals surface area contributed by atoms with Crippen LogP contribution in [0, 0.1) is 5.92 Å². The van der Waals surface area contributed by atoms with Crippen LogP contribution < -0.4 is 15.5 Å². The molecule has 0 aliphatic carbocycles. The lowest BCUT2D eigenvalue weighted by Gasteiger charge is -2.33. The summed E-state index contributed by atoms with van der Waals surface area (Å²) in [7, 11) is 0. The third-order valence-electron chi connectivity index (χ3n) is 7.83. The maximum atomic E-state index is 13.9. The number of aromatic nitrogens is 3. The number of carbonyl (C=O) groups is 4. The van der Waals surface area contributed by atoms with E-state index in [1.807, 2.05) is 32.0 Å². The van der Waals surface area contributed by atoms with Gasteiger partial charge in [-0.05, 0) is 36.3 Å². The maximum absolute atomic E-state index is 13.9. The summed E-state index contributed by atoms with van der Waals surface area (Å²) in [4.78, 5) is 56.5. The second-order valence-electron chi connectivity index (χ2n) is 10.2. The number of aromatic amines is 1. The highest BCUT2D eigenvalue weighted by Gasteiger charge is 2.45. The number of rotatable bonds is 8. The second kappa shape index (κ2) is 10.3. The molecule has 0 bridgehead atoms. The molecule has 5 rings (SSSR count). The largest absolute Gasteiger partial charge is 0.348 e. The molecular weight excluding hydrogens is 474 g/mol. The Morgan fingerprint density at radius 2 is 2.03 bits per heavy atom. The van der Waals surface area contributed by atoms with Gasteiger partial charge in [-0.25, -0.2) is 0 Å². The van der Waals surface area contributed by atoms with Crippen LogP contribution in [0.15, 0.2) is 24.4 Å². The van der Waals surface area contributed by atoms with Crippen molar-refractivity contribution in [3.8, 4) is 0 Å². The molecule has 3 N–H and O–H groups in total. The first-order valence-corrected chi connectivity index (χ1v) is 13.0. The Morgan fingerprint density at radius 1 is 1.22 bits per heavy atom. The van der Waals surface area contributed by atoms with E-state index in [0.29, 0.717) is 37.9 Å². The van der Waals surface area contributed by atoms with Crippen molar-refractivity contribution < 1.29 is 19.2 Å². The number of anilines is 1. The lowest BCUT2D eigenvalue weighted by atomic mass is 9.96. The zero-order valence-corrected chi connectivity index (χ0v) is 21.2. The van der Waals surface area contributed by atoms with Gasteiger partial charge in [0.1, 0.15) is 23.8 Å². The van der Waals surface area contributed by atoms with Crippen LogP contribution in [0.5, 0.6) is 0 Å². The van der Waals surface area contributed by atoms with Gasteiger partial charge in [-0.2, -0.15) is 15.4 Å². The molecule has 0 unspecified atom stereocenters. The van der Waals surface area contributed by atoms with Gasteiger partial charge in [0, 0.05) is 19.4 Å². The Morgan fingerprint density at radius 3 is 2.73 bits per heavy atom. The highest BCUT2D eigenvalue weighted by Crippen LogP contribution is 2.39. The van der Waals surface area contributed by atoms with Crippen molar-refractivity contribution in [1.29, 1.82) is 0 Å². The van der Waals surface area contributed by atoms with Crippen LogP contribution in [0.2, 0.25) is 0 Å². The minimum atomic E-state index is -0.791. The van der Waals surface area contributed by atoms with Crippen molar-refractivity contribution in [1.82, 2.24) is 30.9 Å². The number of nitrogens with one attached hydrogen (secondary N) is 3. The minimum absolute atomic E-state index is 0.0203. The summed E-state index contributed by atoms with van der Waals surface area (Å²) in [5.41, 5.74) is 3.30. The van der Waals surface area contributed by atoms with Gasteiger partial charge in [0.2, 0.25) is 23.6 Å². The quantitative estimate of drug-likeness (QED) is 0.484. The van der Waals surface area contributed by atoms with Crippen LogP contribution in [-0.2, 0) is 38.6 Å². The molecule has 4 atom stereocenters. The number of amides is 4. The highest BCUT2D eigenvalue weighted by atomic mass is 16.2. The molecule has 0 radical (unpaired) electrons. The molecule has 4 amide bonds. The first kappa shape index (κ1) is 24.9. The Hall–Kier alpha value is -3.76. The second-order valence-corrected chi connectivity index (χ2v) is 10.2. The smallest absolute Gasteiger partial charge is 0.250 e. The number of hydrogen-bond acceptors (Lipinski definition) is 6. The molecule has 3 aliphatic heterocycles. The molecular formula is C26H33N7O4. The Labute approximate surface area is 215 Å². The maximum Gasteiger partial charge on any atom is 0.250 e. The number of para-hydroxylation sites is 1. The van der Waals surface area contributed by atoms with Crippen molar-refractivity contribution in [3.05, 3.63) is 41.2 Å². The number of likely N-dealkylation sites (tertiary alicyclic amines) is 1. The number of hydrogen-bond donors (Lipinski definition) is 3. The first-order valence-electron chi connectivity index (χ1n) is 13.0. The normalized spacial score (nSPS) is 22.4. The number of carbonyl (C=O) groups excluding carboxylic acids is 4. The van der Waals surface area contributed by atoms with E-state index in [-0.39, 0.29) is 36.1 Å². The predicted molar refractivity (Wildman–Crippen MR) is 134 cm³/mol. The molecule has 1 aromatic carbocycles. The number of aryl methyl sites for hydroxylation is 1. The Balaban J connectivity index is 1.38. The third-order valence-corrected chi connectivity index (χ3v) is 7.83.